The molecule has 0 aromatic rings. The minimum absolute atomic E-state index is 0. The SMILES string of the molecule is CS(=O)(=O)C1(C(=O)NC(C2CC2)C2CC2)CCNCC1.Cl. The zero-order valence-corrected chi connectivity index (χ0v) is 14.1. The van der Waals surface area contributed by atoms with Gasteiger partial charge in [-0.05, 0) is 63.5 Å². The minimum atomic E-state index is -3.39. The molecule has 1 aliphatic heterocycles. The topological polar surface area (TPSA) is 75.3 Å². The van der Waals surface area contributed by atoms with Crippen LogP contribution in [0.5, 0.6) is 0 Å². The van der Waals surface area contributed by atoms with Crippen molar-refractivity contribution in [2.75, 3.05) is 19.3 Å². The van der Waals surface area contributed by atoms with E-state index in [-0.39, 0.29) is 24.4 Å². The first-order chi connectivity index (χ1) is 9.44. The Kier molecular flexibility index (Phi) is 4.90. The molecule has 0 radical (unpaired) electrons. The molecule has 0 atom stereocenters. The second-order valence-electron chi connectivity index (χ2n) is 6.69. The first kappa shape index (κ1) is 17.0. The van der Waals surface area contributed by atoms with Gasteiger partial charge in [0.25, 0.3) is 0 Å². The van der Waals surface area contributed by atoms with Gasteiger partial charge < -0.3 is 10.6 Å². The number of carbonyl (C=O) groups excluding carboxylic acids is 1. The molecule has 0 aromatic carbocycles. The summed E-state index contributed by atoms with van der Waals surface area (Å²) < 4.78 is 23.2. The largest absolute Gasteiger partial charge is 0.351 e. The molecule has 3 aliphatic rings. The standard InChI is InChI=1S/C14H24N2O3S.ClH/c1-20(18,19)14(6-8-15-9-7-14)13(17)16-12(10-2-3-10)11-4-5-11;/h10-12,15H,2-9H2,1H3,(H,16,17);1H. The molecule has 1 heterocycles. The van der Waals surface area contributed by atoms with Crippen molar-refractivity contribution in [3.8, 4) is 0 Å². The van der Waals surface area contributed by atoms with Gasteiger partial charge in [0.1, 0.15) is 0 Å². The molecule has 3 fully saturated rings. The van der Waals surface area contributed by atoms with E-state index in [9.17, 15) is 13.2 Å². The number of piperidine rings is 1. The van der Waals surface area contributed by atoms with Crippen molar-refractivity contribution in [1.82, 2.24) is 10.6 Å². The van der Waals surface area contributed by atoms with Gasteiger partial charge in [-0.3, -0.25) is 4.79 Å². The van der Waals surface area contributed by atoms with Gasteiger partial charge in [0.05, 0.1) is 0 Å². The molecule has 0 unspecified atom stereocenters. The molecule has 21 heavy (non-hydrogen) atoms. The lowest BCUT2D eigenvalue weighted by molar-refractivity contribution is -0.125. The fraction of sp³-hybridized carbons (Fsp3) is 0.929. The number of rotatable bonds is 5. The van der Waals surface area contributed by atoms with Gasteiger partial charge in [-0.15, -0.1) is 12.4 Å². The number of hydrogen-bond acceptors (Lipinski definition) is 4. The van der Waals surface area contributed by atoms with E-state index in [1.165, 1.54) is 31.9 Å². The zero-order chi connectivity index (χ0) is 14.4. The molecular formula is C14H25ClN2O3S. The van der Waals surface area contributed by atoms with E-state index in [1.54, 1.807) is 0 Å². The predicted octanol–water partition coefficient (Wildman–Crippen LogP) is 0.880. The van der Waals surface area contributed by atoms with Crippen molar-refractivity contribution in [3.05, 3.63) is 0 Å². The fourth-order valence-corrected chi connectivity index (χ4v) is 4.75. The lowest BCUT2D eigenvalue weighted by Crippen LogP contribution is -2.59. The molecule has 7 heteroatoms. The maximum absolute atomic E-state index is 12.7. The third kappa shape index (κ3) is 3.37. The highest BCUT2D eigenvalue weighted by atomic mass is 35.5. The lowest BCUT2D eigenvalue weighted by Gasteiger charge is -2.35. The van der Waals surface area contributed by atoms with Crippen LogP contribution in [0, 0.1) is 11.8 Å². The Hall–Kier alpha value is -0.330. The Labute approximate surface area is 133 Å². The molecule has 122 valence electrons. The summed E-state index contributed by atoms with van der Waals surface area (Å²) in [6.45, 7) is 1.19. The van der Waals surface area contributed by atoms with Crippen LogP contribution < -0.4 is 10.6 Å². The van der Waals surface area contributed by atoms with Gasteiger partial charge in [-0.2, -0.15) is 0 Å². The Balaban J connectivity index is 0.00000161. The highest BCUT2D eigenvalue weighted by Gasteiger charge is 2.51. The second kappa shape index (κ2) is 6.05. The normalized spacial score (nSPS) is 25.2. The van der Waals surface area contributed by atoms with Crippen molar-refractivity contribution in [2.45, 2.75) is 49.3 Å². The third-order valence-electron chi connectivity index (χ3n) is 5.09. The summed E-state index contributed by atoms with van der Waals surface area (Å²) in [5, 5.41) is 6.26. The van der Waals surface area contributed by atoms with E-state index in [0.717, 1.165) is 0 Å². The van der Waals surface area contributed by atoms with Crippen molar-refractivity contribution < 1.29 is 13.2 Å². The minimum Gasteiger partial charge on any atom is -0.351 e. The highest BCUT2D eigenvalue weighted by molar-refractivity contribution is 7.92. The van der Waals surface area contributed by atoms with Crippen LogP contribution in [0.25, 0.3) is 0 Å². The molecule has 3 rings (SSSR count). The van der Waals surface area contributed by atoms with Crippen LogP contribution >= 0.6 is 12.4 Å². The van der Waals surface area contributed by atoms with E-state index >= 15 is 0 Å². The average molecular weight is 337 g/mol. The maximum atomic E-state index is 12.7. The zero-order valence-electron chi connectivity index (χ0n) is 12.4. The van der Waals surface area contributed by atoms with E-state index in [1.807, 2.05) is 0 Å². The summed E-state index contributed by atoms with van der Waals surface area (Å²) in [6.07, 6.45) is 6.69. The number of carbonyl (C=O) groups is 1. The molecule has 1 amide bonds. The van der Waals surface area contributed by atoms with Crippen LogP contribution in [-0.4, -0.2) is 44.5 Å². The molecule has 2 N–H and O–H groups in total. The molecule has 0 spiro atoms. The first-order valence-corrected chi connectivity index (χ1v) is 9.54. The molecule has 0 aromatic heterocycles. The summed E-state index contributed by atoms with van der Waals surface area (Å²) in [7, 11) is -3.39. The molecular weight excluding hydrogens is 312 g/mol. The first-order valence-electron chi connectivity index (χ1n) is 7.65. The second-order valence-corrected chi connectivity index (χ2v) is 9.02. The summed E-state index contributed by atoms with van der Waals surface area (Å²) in [5.41, 5.74) is 0. The van der Waals surface area contributed by atoms with Gasteiger partial charge in [0.2, 0.25) is 5.91 Å². The number of halogens is 1. The molecule has 2 aliphatic carbocycles. The van der Waals surface area contributed by atoms with Crippen molar-refractivity contribution >= 4 is 28.2 Å². The Bertz CT molecular complexity index is 482. The van der Waals surface area contributed by atoms with Crippen molar-refractivity contribution in [3.63, 3.8) is 0 Å². The van der Waals surface area contributed by atoms with Crippen LogP contribution in [-0.2, 0) is 14.6 Å². The van der Waals surface area contributed by atoms with Crippen LogP contribution in [0.2, 0.25) is 0 Å². The fourth-order valence-electron chi connectivity index (χ4n) is 3.41. The number of hydrogen-bond donors (Lipinski definition) is 2. The predicted molar refractivity (Wildman–Crippen MR) is 84.3 cm³/mol. The maximum Gasteiger partial charge on any atom is 0.241 e. The Morgan fingerprint density at radius 2 is 1.62 bits per heavy atom. The summed E-state index contributed by atoms with van der Waals surface area (Å²) in [5.74, 6) is 0.930. The van der Waals surface area contributed by atoms with Crippen LogP contribution in [0.4, 0.5) is 0 Å². The lowest BCUT2D eigenvalue weighted by atomic mass is 9.94. The van der Waals surface area contributed by atoms with Crippen molar-refractivity contribution in [2.24, 2.45) is 11.8 Å². The molecule has 0 bridgehead atoms. The van der Waals surface area contributed by atoms with E-state index in [2.05, 4.69) is 10.6 Å². The quantitative estimate of drug-likeness (QED) is 0.781. The Morgan fingerprint density at radius 3 is 2.00 bits per heavy atom. The smallest absolute Gasteiger partial charge is 0.241 e. The van der Waals surface area contributed by atoms with Gasteiger partial charge in [0.15, 0.2) is 14.6 Å². The third-order valence-corrected chi connectivity index (χ3v) is 7.11. The van der Waals surface area contributed by atoms with Gasteiger partial charge in [-0.1, -0.05) is 0 Å². The van der Waals surface area contributed by atoms with Crippen LogP contribution in [0.3, 0.4) is 0 Å². The summed E-state index contributed by atoms with van der Waals surface area (Å²) >= 11 is 0. The van der Waals surface area contributed by atoms with Gasteiger partial charge >= 0.3 is 0 Å². The van der Waals surface area contributed by atoms with Crippen LogP contribution in [0.15, 0.2) is 0 Å². The highest BCUT2D eigenvalue weighted by Crippen LogP contribution is 2.45. The van der Waals surface area contributed by atoms with Gasteiger partial charge in [0, 0.05) is 12.3 Å². The molecule has 1 saturated heterocycles. The van der Waals surface area contributed by atoms with E-state index in [4.69, 9.17) is 0 Å². The number of nitrogens with one attached hydrogen (secondary N) is 2. The summed E-state index contributed by atoms with van der Waals surface area (Å²) in [4.78, 5) is 12.7. The van der Waals surface area contributed by atoms with E-state index < -0.39 is 14.6 Å². The van der Waals surface area contributed by atoms with E-state index in [0.29, 0.717) is 37.8 Å². The molecule has 5 nitrogen and oxygen atoms in total. The number of sulfone groups is 1. The monoisotopic (exact) mass is 336 g/mol. The van der Waals surface area contributed by atoms with Crippen molar-refractivity contribution in [1.29, 1.82) is 0 Å². The van der Waals surface area contributed by atoms with Crippen LogP contribution in [0.1, 0.15) is 38.5 Å². The van der Waals surface area contributed by atoms with Gasteiger partial charge in [-0.25, -0.2) is 8.42 Å². The Morgan fingerprint density at radius 1 is 1.14 bits per heavy atom. The number of amides is 1. The average Bonchev–Trinajstić information content (AvgIpc) is 3.28. The summed E-state index contributed by atoms with van der Waals surface area (Å²) in [6, 6.07) is 0.219. The molecule has 2 saturated carbocycles.